The summed E-state index contributed by atoms with van der Waals surface area (Å²) < 4.78 is 13.8. The summed E-state index contributed by atoms with van der Waals surface area (Å²) in [5.74, 6) is 0.567. The maximum atomic E-state index is 14.1. The number of aryl methyl sites for hydroxylation is 1. The molecule has 0 N–H and O–H groups in total. The molecule has 1 heterocycles. The van der Waals surface area contributed by atoms with Crippen LogP contribution in [0.5, 0.6) is 11.5 Å². The highest BCUT2D eigenvalue weighted by molar-refractivity contribution is 6.34. The van der Waals surface area contributed by atoms with Crippen molar-refractivity contribution in [2.45, 2.75) is 26.4 Å². The van der Waals surface area contributed by atoms with Gasteiger partial charge in [-0.25, -0.2) is 4.68 Å². The zero-order valence-electron chi connectivity index (χ0n) is 42.5. The maximum absolute atomic E-state index is 14.1. The molecule has 14 heteroatoms. The molecule has 10 aromatic rings. The van der Waals surface area contributed by atoms with E-state index >= 15 is 0 Å². The Morgan fingerprint density at radius 1 is 0.605 bits per heavy atom. The molecule has 0 atom stereocenters. The van der Waals surface area contributed by atoms with E-state index in [1.165, 1.54) is 17.6 Å². The molecule has 0 aliphatic rings. The van der Waals surface area contributed by atoms with Crippen LogP contribution in [-0.4, -0.2) is 44.0 Å². The summed E-state index contributed by atoms with van der Waals surface area (Å²) in [4.78, 5) is 21.8. The zero-order valence-corrected chi connectivity index (χ0v) is 44.0. The Morgan fingerprint density at radius 3 is 1.75 bits per heavy atom. The van der Waals surface area contributed by atoms with Gasteiger partial charge in [0.25, 0.3) is 5.91 Å². The highest BCUT2D eigenvalue weighted by Gasteiger charge is 2.25. The zero-order chi connectivity index (χ0) is 52.7. The van der Waals surface area contributed by atoms with Crippen LogP contribution in [0.25, 0.3) is 49.6 Å². The number of carbonyl (C=O) groups excluding carboxylic acids is 1. The van der Waals surface area contributed by atoms with Crippen molar-refractivity contribution >= 4 is 84.8 Å². The summed E-state index contributed by atoms with van der Waals surface area (Å²) in [7, 11) is 6.66. The van der Waals surface area contributed by atoms with Crippen molar-refractivity contribution in [2.24, 2.45) is 20.5 Å². The highest BCUT2D eigenvalue weighted by Crippen LogP contribution is 2.43. The molecule has 76 heavy (non-hydrogen) atoms. The van der Waals surface area contributed by atoms with E-state index in [9.17, 15) is 4.79 Å². The number of halogens is 2. The van der Waals surface area contributed by atoms with E-state index in [4.69, 9.17) is 63.1 Å². The first kappa shape index (κ1) is 50.8. The Balaban J connectivity index is 0.940. The SMILES string of the molecule is CCCc1ccc(-c2nn(-c3ccc(N=Nc4c(OC)c(CON(C)c5ccccc5Cl)cc5ccccc45)cc3)cc2-c2ccc(N=Nc3c(OC)c(C(=O)N(C)c4ccccc4Cl)cc4ccccc34)cc2)cc1. The number of hydroxylamine groups is 1. The van der Waals surface area contributed by atoms with Crippen LogP contribution in [0.3, 0.4) is 0 Å². The van der Waals surface area contributed by atoms with E-state index in [0.717, 1.165) is 73.7 Å². The molecular formula is C62H52Cl2N8O4. The van der Waals surface area contributed by atoms with Gasteiger partial charge in [0.2, 0.25) is 0 Å². The van der Waals surface area contributed by atoms with Crippen LogP contribution < -0.4 is 19.4 Å². The second kappa shape index (κ2) is 22.8. The molecule has 0 aliphatic heterocycles. The number of hydrogen-bond donors (Lipinski definition) is 0. The largest absolute Gasteiger partial charge is 0.494 e. The van der Waals surface area contributed by atoms with Crippen LogP contribution in [0.2, 0.25) is 10.0 Å². The summed E-state index contributed by atoms with van der Waals surface area (Å²) >= 11 is 13.0. The van der Waals surface area contributed by atoms with Crippen LogP contribution in [-0.2, 0) is 17.9 Å². The number of nitrogens with zero attached hydrogens (tertiary/aromatic N) is 8. The number of fused-ring (bicyclic) bond motifs is 2. The van der Waals surface area contributed by atoms with Crippen molar-refractivity contribution in [3.63, 3.8) is 0 Å². The monoisotopic (exact) mass is 1040 g/mol. The summed E-state index contributed by atoms with van der Waals surface area (Å²) in [6.45, 7) is 2.39. The number of hydrogen-bond acceptors (Lipinski definition) is 10. The lowest BCUT2D eigenvalue weighted by Gasteiger charge is -2.21. The molecule has 10 rings (SSSR count). The molecule has 12 nitrogen and oxygen atoms in total. The third-order valence-corrected chi connectivity index (χ3v) is 13.7. The normalized spacial score (nSPS) is 11.5. The number of anilines is 2. The number of para-hydroxylation sites is 2. The minimum atomic E-state index is -0.302. The Bertz CT molecular complexity index is 3790. The number of rotatable bonds is 17. The maximum Gasteiger partial charge on any atom is 0.261 e. The average molecular weight is 1040 g/mol. The van der Waals surface area contributed by atoms with Crippen LogP contribution >= 0.6 is 23.2 Å². The van der Waals surface area contributed by atoms with Crippen molar-refractivity contribution in [3.8, 4) is 39.6 Å². The van der Waals surface area contributed by atoms with Gasteiger partial charge in [-0.15, -0.1) is 10.2 Å². The Kier molecular flexibility index (Phi) is 15.3. The van der Waals surface area contributed by atoms with Crippen LogP contribution in [0.1, 0.15) is 34.8 Å². The van der Waals surface area contributed by atoms with Gasteiger partial charge in [0, 0.05) is 47.8 Å². The van der Waals surface area contributed by atoms with Gasteiger partial charge in [-0.3, -0.25) is 14.7 Å². The first-order valence-corrected chi connectivity index (χ1v) is 25.4. The van der Waals surface area contributed by atoms with Gasteiger partial charge in [0.15, 0.2) is 11.5 Å². The first-order valence-electron chi connectivity index (χ1n) is 24.7. The molecule has 0 bridgehead atoms. The van der Waals surface area contributed by atoms with Gasteiger partial charge >= 0.3 is 0 Å². The Labute approximate surface area is 451 Å². The molecule has 378 valence electrons. The molecule has 0 fully saturated rings. The second-order valence-electron chi connectivity index (χ2n) is 17.9. The lowest BCUT2D eigenvalue weighted by atomic mass is 10.00. The third-order valence-electron chi connectivity index (χ3n) is 13.1. The van der Waals surface area contributed by atoms with E-state index < -0.39 is 0 Å². The standard InChI is InChI=1S/C62H52Cl2N8O4/c1-6-15-40-24-26-42(27-25-40)57-52(41-28-30-46(31-29-41)65-68-59-50-19-10-8-17-44(50)37-51(61(59)75-5)62(73)70(2)55-22-13-11-20-53(55)63)38-72(69-57)48-34-32-47(33-35-48)66-67-58-49-18-9-7-16-43(49)36-45(60(58)74-4)39-76-71(3)56-23-14-12-21-54(56)64/h7-14,16-38H,6,15,39H2,1-5H3. The van der Waals surface area contributed by atoms with Crippen molar-refractivity contribution in [1.82, 2.24) is 9.78 Å². The van der Waals surface area contributed by atoms with Gasteiger partial charge in [0.1, 0.15) is 23.7 Å². The van der Waals surface area contributed by atoms with Gasteiger partial charge in [-0.2, -0.15) is 15.3 Å². The van der Waals surface area contributed by atoms with Crippen LogP contribution in [0.15, 0.2) is 209 Å². The first-order chi connectivity index (χ1) is 37.1. The van der Waals surface area contributed by atoms with E-state index in [1.54, 1.807) is 31.4 Å². The van der Waals surface area contributed by atoms with Crippen molar-refractivity contribution in [1.29, 1.82) is 0 Å². The average Bonchev–Trinajstić information content (AvgIpc) is 3.91. The Morgan fingerprint density at radius 2 is 1.14 bits per heavy atom. The number of amides is 1. The lowest BCUT2D eigenvalue weighted by Crippen LogP contribution is -2.27. The lowest BCUT2D eigenvalue weighted by molar-refractivity contribution is 0.0990. The molecule has 0 saturated carbocycles. The summed E-state index contributed by atoms with van der Waals surface area (Å²) in [6, 6.07) is 58.5. The number of methoxy groups -OCH3 is 2. The topological polar surface area (TPSA) is 118 Å². The van der Waals surface area contributed by atoms with E-state index in [1.807, 2.05) is 164 Å². The van der Waals surface area contributed by atoms with E-state index in [0.29, 0.717) is 55.5 Å². The Hall–Kier alpha value is -8.68. The number of azo groups is 2. The summed E-state index contributed by atoms with van der Waals surface area (Å²) in [6.07, 6.45) is 4.09. The number of aromatic nitrogens is 2. The molecular weight excluding hydrogens is 992 g/mol. The molecule has 0 spiro atoms. The molecule has 0 radical (unpaired) electrons. The fraction of sp³-hybridized carbons (Fsp3) is 0.129. The summed E-state index contributed by atoms with van der Waals surface area (Å²) in [5.41, 5.74) is 10.5. The predicted octanol–water partition coefficient (Wildman–Crippen LogP) is 17.5. The fourth-order valence-corrected chi connectivity index (χ4v) is 9.69. The second-order valence-corrected chi connectivity index (χ2v) is 18.8. The smallest absolute Gasteiger partial charge is 0.261 e. The van der Waals surface area contributed by atoms with Gasteiger partial charge in [0.05, 0.1) is 58.3 Å². The van der Waals surface area contributed by atoms with Crippen molar-refractivity contribution < 1.29 is 19.1 Å². The van der Waals surface area contributed by atoms with Gasteiger partial charge in [-0.1, -0.05) is 146 Å². The minimum Gasteiger partial charge on any atom is -0.494 e. The van der Waals surface area contributed by atoms with Gasteiger partial charge < -0.3 is 14.4 Å². The minimum absolute atomic E-state index is 0.205. The number of carbonyl (C=O) groups is 1. The third kappa shape index (κ3) is 10.6. The van der Waals surface area contributed by atoms with Crippen LogP contribution in [0.4, 0.5) is 34.1 Å². The van der Waals surface area contributed by atoms with Crippen molar-refractivity contribution in [3.05, 3.63) is 215 Å². The van der Waals surface area contributed by atoms with Crippen LogP contribution in [0, 0.1) is 0 Å². The molecule has 1 amide bonds. The number of ether oxygens (including phenoxy) is 2. The van der Waals surface area contributed by atoms with Crippen molar-refractivity contribution in [2.75, 3.05) is 38.3 Å². The summed E-state index contributed by atoms with van der Waals surface area (Å²) in [5, 5.41) is 30.3. The predicted molar refractivity (Wildman–Crippen MR) is 307 cm³/mol. The molecule has 1 aromatic heterocycles. The molecule has 9 aromatic carbocycles. The van der Waals surface area contributed by atoms with E-state index in [-0.39, 0.29) is 12.5 Å². The van der Waals surface area contributed by atoms with E-state index in [2.05, 4.69) is 31.2 Å². The molecule has 0 aliphatic carbocycles. The molecule has 0 unspecified atom stereocenters. The quantitative estimate of drug-likeness (QED) is 0.0662. The fourth-order valence-electron chi connectivity index (χ4n) is 9.18. The number of benzene rings is 9. The highest BCUT2D eigenvalue weighted by atomic mass is 35.5. The van der Waals surface area contributed by atoms with Gasteiger partial charge in [-0.05, 0) is 101 Å². The molecule has 0 saturated heterocycles.